The third-order valence-corrected chi connectivity index (χ3v) is 4.86. The molecular weight excluding hydrogens is 475 g/mol. The normalized spacial score (nSPS) is 13.9. The number of hydrogen-bond acceptors (Lipinski definition) is 7. The third kappa shape index (κ3) is 5.80. The van der Waals surface area contributed by atoms with Gasteiger partial charge in [-0.3, -0.25) is 19.3 Å². The molecule has 2 aromatic carbocycles. The van der Waals surface area contributed by atoms with Crippen LogP contribution in [0.4, 0.5) is 24.5 Å². The molecule has 1 aliphatic heterocycles. The number of primary amides is 1. The van der Waals surface area contributed by atoms with E-state index in [0.29, 0.717) is 0 Å². The van der Waals surface area contributed by atoms with E-state index in [1.165, 1.54) is 32.2 Å². The molecule has 186 valence electrons. The minimum absolute atomic E-state index is 0.0143. The van der Waals surface area contributed by atoms with E-state index in [-0.39, 0.29) is 28.4 Å². The second-order valence-corrected chi connectivity index (χ2v) is 7.37. The van der Waals surface area contributed by atoms with Crippen LogP contribution in [-0.2, 0) is 25.3 Å². The number of alkyl halides is 3. The van der Waals surface area contributed by atoms with Gasteiger partial charge in [-0.2, -0.15) is 13.2 Å². The second kappa shape index (κ2) is 9.91. The summed E-state index contributed by atoms with van der Waals surface area (Å²) in [6.07, 6.45) is -6.03. The van der Waals surface area contributed by atoms with Gasteiger partial charge in [0.15, 0.2) is 24.2 Å². The van der Waals surface area contributed by atoms with Crippen molar-refractivity contribution in [3.05, 3.63) is 47.5 Å². The Morgan fingerprint density at radius 3 is 2.49 bits per heavy atom. The first-order chi connectivity index (χ1) is 16.4. The van der Waals surface area contributed by atoms with Crippen LogP contribution in [0.2, 0.25) is 0 Å². The van der Waals surface area contributed by atoms with Gasteiger partial charge in [0.1, 0.15) is 6.54 Å². The Bertz CT molecular complexity index is 1180. The van der Waals surface area contributed by atoms with Crippen LogP contribution in [0.1, 0.15) is 22.8 Å². The number of nitrogens with one attached hydrogen (secondary N) is 1. The van der Waals surface area contributed by atoms with Gasteiger partial charge in [-0.15, -0.1) is 0 Å². The van der Waals surface area contributed by atoms with Gasteiger partial charge >= 0.3 is 12.1 Å². The molecular formula is C22H20F3N3O7. The van der Waals surface area contributed by atoms with Gasteiger partial charge in [0, 0.05) is 0 Å². The largest absolute Gasteiger partial charge is 0.493 e. The van der Waals surface area contributed by atoms with Crippen molar-refractivity contribution >= 4 is 35.1 Å². The Labute approximate surface area is 196 Å². The van der Waals surface area contributed by atoms with Crippen molar-refractivity contribution in [3.8, 4) is 11.5 Å². The van der Waals surface area contributed by atoms with Crippen LogP contribution in [0.15, 0.2) is 36.4 Å². The zero-order valence-corrected chi connectivity index (χ0v) is 18.5. The maximum absolute atomic E-state index is 13.0. The Morgan fingerprint density at radius 1 is 1.14 bits per heavy atom. The van der Waals surface area contributed by atoms with Crippen molar-refractivity contribution in [1.82, 2.24) is 0 Å². The number of anilines is 2. The highest BCUT2D eigenvalue weighted by molar-refractivity contribution is 6.11. The zero-order chi connectivity index (χ0) is 25.9. The van der Waals surface area contributed by atoms with Crippen molar-refractivity contribution in [2.75, 3.05) is 30.5 Å². The van der Waals surface area contributed by atoms with Gasteiger partial charge in [-0.1, -0.05) is 0 Å². The maximum atomic E-state index is 13.0. The summed E-state index contributed by atoms with van der Waals surface area (Å²) in [5, 5.41) is 2.30. The van der Waals surface area contributed by atoms with Gasteiger partial charge < -0.3 is 25.3 Å². The molecule has 35 heavy (non-hydrogen) atoms. The van der Waals surface area contributed by atoms with E-state index in [4.69, 9.17) is 19.9 Å². The van der Waals surface area contributed by atoms with Crippen LogP contribution < -0.4 is 25.4 Å². The molecule has 3 rings (SSSR count). The number of halogens is 3. The predicted octanol–water partition coefficient (Wildman–Crippen LogP) is 2.11. The van der Waals surface area contributed by atoms with E-state index in [1.54, 1.807) is 0 Å². The summed E-state index contributed by atoms with van der Waals surface area (Å²) in [6, 6.07) is 6.46. The monoisotopic (exact) mass is 495 g/mol. The molecule has 0 bridgehead atoms. The number of carbonyl (C=O) groups is 4. The highest BCUT2D eigenvalue weighted by Crippen LogP contribution is 2.37. The number of esters is 1. The summed E-state index contributed by atoms with van der Waals surface area (Å²) in [5.74, 6) is -2.92. The molecule has 13 heteroatoms. The van der Waals surface area contributed by atoms with Crippen molar-refractivity contribution in [1.29, 1.82) is 0 Å². The third-order valence-electron chi connectivity index (χ3n) is 4.86. The highest BCUT2D eigenvalue weighted by atomic mass is 19.4. The number of rotatable bonds is 7. The molecule has 1 unspecified atom stereocenters. The molecule has 0 aromatic heterocycles. The van der Waals surface area contributed by atoms with Crippen LogP contribution in [0.5, 0.6) is 11.5 Å². The lowest BCUT2D eigenvalue weighted by atomic mass is 10.1. The summed E-state index contributed by atoms with van der Waals surface area (Å²) in [4.78, 5) is 49.4. The van der Waals surface area contributed by atoms with Crippen LogP contribution in [0.25, 0.3) is 0 Å². The first-order valence-corrected chi connectivity index (χ1v) is 10.0. The fraction of sp³-hybridized carbons (Fsp3) is 0.273. The Morgan fingerprint density at radius 2 is 1.86 bits per heavy atom. The number of carbonyl (C=O) groups excluding carboxylic acids is 4. The minimum Gasteiger partial charge on any atom is -0.493 e. The fourth-order valence-electron chi connectivity index (χ4n) is 3.22. The Kier molecular flexibility index (Phi) is 7.17. The van der Waals surface area contributed by atoms with E-state index >= 15 is 0 Å². The van der Waals surface area contributed by atoms with Gasteiger partial charge in [-0.05, 0) is 43.3 Å². The average molecular weight is 495 g/mol. The molecule has 0 saturated carbocycles. The number of hydrogen-bond donors (Lipinski definition) is 2. The first-order valence-electron chi connectivity index (χ1n) is 10.0. The van der Waals surface area contributed by atoms with Crippen LogP contribution >= 0.6 is 0 Å². The van der Waals surface area contributed by atoms with Gasteiger partial charge in [0.25, 0.3) is 11.8 Å². The van der Waals surface area contributed by atoms with E-state index in [0.717, 1.165) is 23.1 Å². The first kappa shape index (κ1) is 25.3. The lowest BCUT2D eigenvalue weighted by Gasteiger charge is -2.31. The van der Waals surface area contributed by atoms with E-state index in [9.17, 15) is 32.3 Å². The van der Waals surface area contributed by atoms with Crippen molar-refractivity contribution < 1.29 is 46.6 Å². The number of fused-ring (bicyclic) bond motifs is 1. The molecule has 0 saturated heterocycles. The maximum Gasteiger partial charge on any atom is 0.416 e. The predicted molar refractivity (Wildman–Crippen MR) is 115 cm³/mol. The SMILES string of the molecule is COc1cc(C(=O)OC(C)C(=O)N2CC(=O)Nc3cc(C(F)(F)F)ccc32)ccc1OCC(N)=O. The minimum atomic E-state index is -4.64. The molecule has 0 fully saturated rings. The van der Waals surface area contributed by atoms with E-state index < -0.39 is 54.7 Å². The smallest absolute Gasteiger partial charge is 0.416 e. The average Bonchev–Trinajstić information content (AvgIpc) is 2.80. The van der Waals surface area contributed by atoms with Gasteiger partial charge in [-0.25, -0.2) is 4.79 Å². The Balaban J connectivity index is 1.77. The number of amides is 3. The number of nitrogens with zero attached hydrogens (tertiary/aromatic N) is 1. The molecule has 0 aliphatic carbocycles. The molecule has 2 aromatic rings. The summed E-state index contributed by atoms with van der Waals surface area (Å²) < 4.78 is 54.5. The quantitative estimate of drug-likeness (QED) is 0.562. The summed E-state index contributed by atoms with van der Waals surface area (Å²) >= 11 is 0. The number of nitrogens with two attached hydrogens (primary N) is 1. The second-order valence-electron chi connectivity index (χ2n) is 7.37. The zero-order valence-electron chi connectivity index (χ0n) is 18.5. The van der Waals surface area contributed by atoms with Gasteiger partial charge in [0.2, 0.25) is 5.91 Å². The molecule has 1 aliphatic rings. The topological polar surface area (TPSA) is 137 Å². The fourth-order valence-corrected chi connectivity index (χ4v) is 3.22. The molecule has 3 amide bonds. The van der Waals surface area contributed by atoms with Crippen LogP contribution in [0, 0.1) is 0 Å². The van der Waals surface area contributed by atoms with Crippen molar-refractivity contribution in [2.45, 2.75) is 19.2 Å². The van der Waals surface area contributed by atoms with Crippen molar-refractivity contribution in [2.24, 2.45) is 5.73 Å². The standard InChI is InChI=1S/C22H20F3N3O7/c1-11(35-21(32)12-3-6-16(17(7-12)33-2)34-10-18(26)29)20(31)28-9-19(30)27-14-8-13(22(23,24)25)4-5-15(14)28/h3-8,11H,9-10H2,1-2H3,(H2,26,29)(H,27,30). The Hall–Kier alpha value is -4.29. The van der Waals surface area contributed by atoms with Gasteiger partial charge in [0.05, 0.1) is 29.6 Å². The lowest BCUT2D eigenvalue weighted by molar-refractivity contribution is -0.137. The molecule has 1 heterocycles. The number of ether oxygens (including phenoxy) is 3. The van der Waals surface area contributed by atoms with E-state index in [2.05, 4.69) is 5.32 Å². The van der Waals surface area contributed by atoms with Crippen LogP contribution in [-0.4, -0.2) is 50.1 Å². The summed E-state index contributed by atoms with van der Waals surface area (Å²) in [7, 11) is 1.30. The molecule has 0 radical (unpaired) electrons. The number of methoxy groups -OCH3 is 1. The van der Waals surface area contributed by atoms with Crippen LogP contribution in [0.3, 0.4) is 0 Å². The summed E-state index contributed by atoms with van der Waals surface area (Å²) in [6.45, 7) is 0.373. The molecule has 1 atom stereocenters. The molecule has 0 spiro atoms. The van der Waals surface area contributed by atoms with Crippen molar-refractivity contribution in [3.63, 3.8) is 0 Å². The van der Waals surface area contributed by atoms with E-state index in [1.807, 2.05) is 0 Å². The summed E-state index contributed by atoms with van der Waals surface area (Å²) in [5.41, 5.74) is 3.85. The highest BCUT2D eigenvalue weighted by Gasteiger charge is 2.35. The lowest BCUT2D eigenvalue weighted by Crippen LogP contribution is -2.47. The molecule has 3 N–H and O–H groups in total. The molecule has 10 nitrogen and oxygen atoms in total. The number of benzene rings is 2.